The molecule has 3 aliphatic rings. The summed E-state index contributed by atoms with van der Waals surface area (Å²) >= 11 is 0. The lowest BCUT2D eigenvalue weighted by Gasteiger charge is -2.57. The summed E-state index contributed by atoms with van der Waals surface area (Å²) in [5, 5.41) is 0. The second kappa shape index (κ2) is 3.04. The Kier molecular flexibility index (Phi) is 2.15. The van der Waals surface area contributed by atoms with Gasteiger partial charge in [0.05, 0.1) is 0 Å². The normalized spacial score (nSPS) is 47.1. The van der Waals surface area contributed by atoms with Gasteiger partial charge in [0.25, 0.3) is 0 Å². The maximum atomic E-state index is 12.7. The number of Topliss-reactive ketones (excluding diaryl/α,β-unsaturated/α-hetero) is 1. The average Bonchev–Trinajstić information content (AvgIpc) is 2.55. The van der Waals surface area contributed by atoms with Crippen molar-refractivity contribution >= 4 is 5.78 Å². The maximum Gasteiger partial charge on any atom is 0.137 e. The number of hydrogen-bond donors (Lipinski definition) is 0. The van der Waals surface area contributed by atoms with E-state index in [9.17, 15) is 4.79 Å². The Hall–Kier alpha value is -0.330. The van der Waals surface area contributed by atoms with Gasteiger partial charge in [0, 0.05) is 12.3 Å². The Morgan fingerprint density at radius 1 is 1.00 bits per heavy atom. The lowest BCUT2D eigenvalue weighted by molar-refractivity contribution is -0.153. The lowest BCUT2D eigenvalue weighted by Crippen LogP contribution is -2.55. The smallest absolute Gasteiger partial charge is 0.137 e. The minimum absolute atomic E-state index is 0.205. The van der Waals surface area contributed by atoms with E-state index in [4.69, 9.17) is 0 Å². The van der Waals surface area contributed by atoms with Gasteiger partial charge in [0.15, 0.2) is 0 Å². The van der Waals surface area contributed by atoms with Crippen LogP contribution in [0.15, 0.2) is 0 Å². The summed E-state index contributed by atoms with van der Waals surface area (Å²) in [5.41, 5.74) is 1.10. The Balaban J connectivity index is 2.27. The lowest BCUT2D eigenvalue weighted by atomic mass is 9.45. The first-order chi connectivity index (χ1) is 8.09. The van der Waals surface area contributed by atoms with Gasteiger partial charge in [0.2, 0.25) is 0 Å². The third-order valence-electron chi connectivity index (χ3n) is 7.51. The molecule has 0 aliphatic heterocycles. The second-order valence-electron chi connectivity index (χ2n) is 8.89. The quantitative estimate of drug-likeness (QED) is 0.619. The highest BCUT2D eigenvalue weighted by Crippen LogP contribution is 2.81. The molecule has 3 saturated carbocycles. The summed E-state index contributed by atoms with van der Waals surface area (Å²) < 4.78 is 0. The molecule has 0 heterocycles. The molecule has 102 valence electrons. The van der Waals surface area contributed by atoms with Crippen molar-refractivity contribution in [2.75, 3.05) is 0 Å². The summed E-state index contributed by atoms with van der Waals surface area (Å²) in [6.45, 7) is 14.5. The van der Waals surface area contributed by atoms with Crippen LogP contribution in [0.25, 0.3) is 0 Å². The number of carbonyl (C=O) groups is 1. The Bertz CT molecular complexity index is 415. The zero-order valence-corrected chi connectivity index (χ0v) is 12.9. The van der Waals surface area contributed by atoms with Gasteiger partial charge in [-0.3, -0.25) is 4.79 Å². The highest BCUT2D eigenvalue weighted by atomic mass is 16.1. The Morgan fingerprint density at radius 3 is 2.17 bits per heavy atom. The van der Waals surface area contributed by atoms with Crippen LogP contribution < -0.4 is 0 Å². The van der Waals surface area contributed by atoms with Gasteiger partial charge in [-0.05, 0) is 46.8 Å². The van der Waals surface area contributed by atoms with E-state index in [0.29, 0.717) is 22.5 Å². The van der Waals surface area contributed by atoms with Crippen molar-refractivity contribution in [1.29, 1.82) is 0 Å². The molecule has 1 nitrogen and oxygen atoms in total. The predicted octanol–water partition coefficient (Wildman–Crippen LogP) is 4.45. The van der Waals surface area contributed by atoms with E-state index >= 15 is 0 Å². The topological polar surface area (TPSA) is 17.1 Å². The van der Waals surface area contributed by atoms with Gasteiger partial charge < -0.3 is 0 Å². The fraction of sp³-hybridized carbons (Fsp3) is 0.941. The fourth-order valence-corrected chi connectivity index (χ4v) is 7.11. The van der Waals surface area contributed by atoms with Crippen molar-refractivity contribution in [2.45, 2.75) is 67.2 Å². The molecule has 0 radical (unpaired) electrons. The van der Waals surface area contributed by atoms with Crippen molar-refractivity contribution in [3.63, 3.8) is 0 Å². The van der Waals surface area contributed by atoms with Gasteiger partial charge in [-0.25, -0.2) is 0 Å². The zero-order chi connectivity index (χ0) is 13.6. The van der Waals surface area contributed by atoms with E-state index in [1.165, 1.54) is 12.8 Å². The van der Waals surface area contributed by atoms with Crippen LogP contribution in [0.4, 0.5) is 0 Å². The van der Waals surface area contributed by atoms with Crippen LogP contribution in [0.1, 0.15) is 67.2 Å². The van der Waals surface area contributed by atoms with E-state index in [2.05, 4.69) is 41.5 Å². The van der Waals surface area contributed by atoms with Crippen molar-refractivity contribution in [2.24, 2.45) is 33.5 Å². The first-order valence-electron chi connectivity index (χ1n) is 7.62. The molecule has 1 heteroatoms. The average molecular weight is 248 g/mol. The fourth-order valence-electron chi connectivity index (χ4n) is 7.11. The first kappa shape index (κ1) is 12.7. The van der Waals surface area contributed by atoms with E-state index in [0.717, 1.165) is 18.8 Å². The molecule has 3 atom stereocenters. The number of rotatable bonds is 0. The molecule has 0 aromatic heterocycles. The molecule has 0 aromatic carbocycles. The minimum atomic E-state index is 0.205. The number of ketones is 1. The first-order valence-corrected chi connectivity index (χ1v) is 7.62. The third kappa shape index (κ3) is 1.01. The summed E-state index contributed by atoms with van der Waals surface area (Å²) in [6.07, 6.45) is 4.50. The number of carbonyl (C=O) groups excluding carboxylic acids is 1. The molecule has 3 aliphatic carbocycles. The van der Waals surface area contributed by atoms with Crippen molar-refractivity contribution in [3.8, 4) is 0 Å². The van der Waals surface area contributed by atoms with Gasteiger partial charge in [-0.1, -0.05) is 41.5 Å². The molecule has 0 unspecified atom stereocenters. The molecule has 0 N–H and O–H groups in total. The van der Waals surface area contributed by atoms with Gasteiger partial charge in [-0.15, -0.1) is 0 Å². The molecular formula is C17H28O. The standard InChI is InChI=1S/C17H28O/c1-14(2)9-7-11(18)13-15(3,4)12-8-10-17(13,14)16(12,5)6/h12-13H,7-10H2,1-6H3/t12-,13-,17+/m0/s1. The molecule has 2 bridgehead atoms. The van der Waals surface area contributed by atoms with Crippen molar-refractivity contribution < 1.29 is 4.79 Å². The number of hydrogen-bond acceptors (Lipinski definition) is 1. The highest BCUT2D eigenvalue weighted by Gasteiger charge is 2.77. The van der Waals surface area contributed by atoms with Gasteiger partial charge in [-0.2, -0.15) is 0 Å². The molecule has 1 spiro atoms. The molecule has 0 amide bonds. The largest absolute Gasteiger partial charge is 0.299 e. The zero-order valence-electron chi connectivity index (χ0n) is 12.9. The highest BCUT2D eigenvalue weighted by molar-refractivity contribution is 5.85. The van der Waals surface area contributed by atoms with Crippen molar-refractivity contribution in [1.82, 2.24) is 0 Å². The van der Waals surface area contributed by atoms with Crippen LogP contribution in [0.2, 0.25) is 0 Å². The molecule has 0 saturated heterocycles. The van der Waals surface area contributed by atoms with Crippen LogP contribution in [0.5, 0.6) is 0 Å². The molecule has 3 rings (SSSR count). The van der Waals surface area contributed by atoms with Crippen LogP contribution in [0, 0.1) is 33.5 Å². The Morgan fingerprint density at radius 2 is 1.61 bits per heavy atom. The van der Waals surface area contributed by atoms with E-state index in [1.807, 2.05) is 0 Å². The molecule has 18 heavy (non-hydrogen) atoms. The second-order valence-corrected chi connectivity index (χ2v) is 8.89. The third-order valence-corrected chi connectivity index (χ3v) is 7.51. The summed E-state index contributed by atoms with van der Waals surface area (Å²) in [7, 11) is 0. The van der Waals surface area contributed by atoms with E-state index in [1.54, 1.807) is 0 Å². The minimum Gasteiger partial charge on any atom is -0.299 e. The summed E-state index contributed by atoms with van der Waals surface area (Å²) in [4.78, 5) is 12.7. The van der Waals surface area contributed by atoms with Crippen LogP contribution in [-0.2, 0) is 4.79 Å². The maximum absolute atomic E-state index is 12.7. The molecule has 0 aromatic rings. The van der Waals surface area contributed by atoms with Crippen LogP contribution in [0.3, 0.4) is 0 Å². The van der Waals surface area contributed by atoms with Crippen LogP contribution >= 0.6 is 0 Å². The van der Waals surface area contributed by atoms with Crippen molar-refractivity contribution in [3.05, 3.63) is 0 Å². The van der Waals surface area contributed by atoms with E-state index < -0.39 is 0 Å². The van der Waals surface area contributed by atoms with Crippen LogP contribution in [-0.4, -0.2) is 5.78 Å². The molecule has 3 fully saturated rings. The number of fused-ring (bicyclic) bond motifs is 1. The predicted molar refractivity (Wildman–Crippen MR) is 74.2 cm³/mol. The Labute approximate surface area is 112 Å². The summed E-state index contributed by atoms with van der Waals surface area (Å²) in [6, 6.07) is 0. The molecular weight excluding hydrogens is 220 g/mol. The SMILES string of the molecule is CC1(C)[C@@H]2CC[C@]3([C@H]1C(=O)CCC3(C)C)C2(C)C. The van der Waals surface area contributed by atoms with Gasteiger partial charge >= 0.3 is 0 Å². The monoisotopic (exact) mass is 248 g/mol. The summed E-state index contributed by atoms with van der Waals surface area (Å²) in [5.74, 6) is 1.59. The van der Waals surface area contributed by atoms with Gasteiger partial charge in [0.1, 0.15) is 5.78 Å². The van der Waals surface area contributed by atoms with E-state index in [-0.39, 0.29) is 10.8 Å².